The number of piperidine rings is 2. The molecule has 3 aromatic rings. The Bertz CT molecular complexity index is 2230. The van der Waals surface area contributed by atoms with Gasteiger partial charge in [0.05, 0.1) is 35.2 Å². The van der Waals surface area contributed by atoms with Gasteiger partial charge in [-0.25, -0.2) is 19.7 Å². The normalized spacial score (nSPS) is 23.8. The van der Waals surface area contributed by atoms with Crippen molar-refractivity contribution in [3.05, 3.63) is 59.5 Å². The maximum atomic E-state index is 13.4. The topological polar surface area (TPSA) is 214 Å². The van der Waals surface area contributed by atoms with Gasteiger partial charge in [0.15, 0.2) is 11.5 Å². The van der Waals surface area contributed by atoms with Crippen molar-refractivity contribution in [3.63, 3.8) is 0 Å². The van der Waals surface area contributed by atoms with Gasteiger partial charge in [-0.15, -0.1) is 0 Å². The van der Waals surface area contributed by atoms with E-state index in [1.165, 1.54) is 0 Å². The SMILES string of the molecule is CN1CCN([C@@H]2CCCN(c3cnc(C(N)=O)c(Nc4ccc(N5CCN(CC6CCN(c7ccc8c(c7)C(=O)N(C7CCC(=O)NC7=O)C8=O)C6)CC5)cn4)n3)C2)C1=O. The Balaban J connectivity index is 0.771. The average Bonchev–Trinajstić information content (AvgIpc) is 3.93. The minimum absolute atomic E-state index is 0.0216. The lowest BCUT2D eigenvalue weighted by atomic mass is 10.0. The molecule has 3 atom stereocenters. The Morgan fingerprint density at radius 2 is 1.62 bits per heavy atom. The summed E-state index contributed by atoms with van der Waals surface area (Å²) in [4.78, 5) is 103. The van der Waals surface area contributed by atoms with Crippen LogP contribution >= 0.6 is 0 Å². The molecule has 5 saturated heterocycles. The van der Waals surface area contributed by atoms with Crippen molar-refractivity contribution in [2.24, 2.45) is 11.7 Å². The van der Waals surface area contributed by atoms with Crippen LogP contribution in [0.4, 0.5) is 33.6 Å². The summed E-state index contributed by atoms with van der Waals surface area (Å²) in [7, 11) is 1.82. The Morgan fingerprint density at radius 1 is 0.817 bits per heavy atom. The van der Waals surface area contributed by atoms with E-state index >= 15 is 0 Å². The Morgan fingerprint density at radius 3 is 2.35 bits per heavy atom. The molecule has 1 aromatic carbocycles. The van der Waals surface area contributed by atoms with Crippen molar-refractivity contribution >= 4 is 64.4 Å². The monoisotopic (exact) mass is 819 g/mol. The minimum Gasteiger partial charge on any atom is -0.371 e. The summed E-state index contributed by atoms with van der Waals surface area (Å²) in [6.45, 7) is 8.89. The lowest BCUT2D eigenvalue weighted by Crippen LogP contribution is -2.54. The van der Waals surface area contributed by atoms with Gasteiger partial charge in [0.25, 0.3) is 17.7 Å². The second kappa shape index (κ2) is 16.0. The summed E-state index contributed by atoms with van der Waals surface area (Å²) in [6, 6.07) is 8.31. The molecule has 19 heteroatoms. The van der Waals surface area contributed by atoms with E-state index < -0.39 is 35.6 Å². The number of imide groups is 2. The Hall–Kier alpha value is -6.37. The molecule has 2 aromatic heterocycles. The van der Waals surface area contributed by atoms with Crippen molar-refractivity contribution in [3.8, 4) is 0 Å². The molecular formula is C41H49N13O6. The molecule has 4 N–H and O–H groups in total. The van der Waals surface area contributed by atoms with Crippen molar-refractivity contribution in [1.82, 2.24) is 39.9 Å². The summed E-state index contributed by atoms with van der Waals surface area (Å²) in [5.74, 6) is -0.928. The van der Waals surface area contributed by atoms with Crippen molar-refractivity contribution in [2.45, 2.75) is 44.2 Å². The van der Waals surface area contributed by atoms with Crippen molar-refractivity contribution in [2.75, 3.05) is 99.1 Å². The highest BCUT2D eigenvalue weighted by atomic mass is 16.2. The molecular weight excluding hydrogens is 771 g/mol. The second-order valence-corrected chi connectivity index (χ2v) is 16.5. The fourth-order valence-electron chi connectivity index (χ4n) is 9.42. The van der Waals surface area contributed by atoms with Gasteiger partial charge in [0.1, 0.15) is 17.7 Å². The van der Waals surface area contributed by atoms with Crippen LogP contribution in [0.2, 0.25) is 0 Å². The van der Waals surface area contributed by atoms with E-state index in [2.05, 4.69) is 40.2 Å². The van der Waals surface area contributed by atoms with E-state index in [-0.39, 0.29) is 42.0 Å². The first-order chi connectivity index (χ1) is 29.0. The van der Waals surface area contributed by atoms with E-state index in [9.17, 15) is 28.8 Å². The number of carbonyl (C=O) groups excluding carboxylic acids is 6. The summed E-state index contributed by atoms with van der Waals surface area (Å²) in [5.41, 5.74) is 8.16. The van der Waals surface area contributed by atoms with Gasteiger partial charge >= 0.3 is 6.03 Å². The van der Waals surface area contributed by atoms with Crippen LogP contribution in [0.5, 0.6) is 0 Å². The molecule has 0 radical (unpaired) electrons. The molecule has 0 spiro atoms. The van der Waals surface area contributed by atoms with E-state index in [0.717, 1.165) is 87.9 Å². The third kappa shape index (κ3) is 7.52. The number of urea groups is 1. The molecule has 19 nitrogen and oxygen atoms in total. The third-order valence-corrected chi connectivity index (χ3v) is 12.7. The number of nitrogens with zero attached hydrogens (tertiary/aromatic N) is 10. The highest BCUT2D eigenvalue weighted by Crippen LogP contribution is 2.33. The van der Waals surface area contributed by atoms with E-state index in [1.54, 1.807) is 23.2 Å². The quantitative estimate of drug-likeness (QED) is 0.245. The van der Waals surface area contributed by atoms with Crippen molar-refractivity contribution < 1.29 is 28.8 Å². The number of nitrogens with one attached hydrogen (secondary N) is 2. The first-order valence-corrected chi connectivity index (χ1v) is 20.7. The lowest BCUT2D eigenvalue weighted by molar-refractivity contribution is -0.136. The molecule has 2 unspecified atom stereocenters. The van der Waals surface area contributed by atoms with Gasteiger partial charge in [-0.1, -0.05) is 0 Å². The van der Waals surface area contributed by atoms with Crippen LogP contribution in [0.1, 0.15) is 63.3 Å². The predicted molar refractivity (Wildman–Crippen MR) is 220 cm³/mol. The molecule has 0 aliphatic carbocycles. The number of fused-ring (bicyclic) bond motifs is 1. The zero-order valence-corrected chi connectivity index (χ0v) is 33.6. The Kier molecular flexibility index (Phi) is 10.4. The lowest BCUT2D eigenvalue weighted by Gasteiger charge is -2.37. The Labute approximate surface area is 346 Å². The van der Waals surface area contributed by atoms with Gasteiger partial charge < -0.3 is 35.6 Å². The molecule has 8 heterocycles. The number of amides is 7. The van der Waals surface area contributed by atoms with Crippen LogP contribution in [0.3, 0.4) is 0 Å². The number of hydrogen-bond acceptors (Lipinski definition) is 14. The van der Waals surface area contributed by atoms with E-state index in [0.29, 0.717) is 42.8 Å². The van der Waals surface area contributed by atoms with Gasteiger partial charge in [-0.3, -0.25) is 39.1 Å². The van der Waals surface area contributed by atoms with Crippen LogP contribution in [-0.2, 0) is 9.59 Å². The number of anilines is 5. The van der Waals surface area contributed by atoms with Gasteiger partial charge in [-0.2, -0.15) is 0 Å². The summed E-state index contributed by atoms with van der Waals surface area (Å²) in [6.07, 6.45) is 6.41. The summed E-state index contributed by atoms with van der Waals surface area (Å²) >= 11 is 0. The largest absolute Gasteiger partial charge is 0.371 e. The van der Waals surface area contributed by atoms with Crippen LogP contribution in [0.25, 0.3) is 0 Å². The summed E-state index contributed by atoms with van der Waals surface area (Å²) < 4.78 is 0. The number of hydrogen-bond donors (Lipinski definition) is 3. The first-order valence-electron chi connectivity index (χ1n) is 20.7. The number of carbonyl (C=O) groups is 6. The van der Waals surface area contributed by atoms with Crippen LogP contribution in [-0.4, -0.2) is 161 Å². The average molecular weight is 820 g/mol. The highest BCUT2D eigenvalue weighted by molar-refractivity contribution is 6.23. The molecule has 5 fully saturated rings. The van der Waals surface area contributed by atoms with Crippen LogP contribution < -0.4 is 31.1 Å². The molecule has 6 aliphatic rings. The molecule has 60 heavy (non-hydrogen) atoms. The number of benzene rings is 1. The summed E-state index contributed by atoms with van der Waals surface area (Å²) in [5, 5.41) is 5.41. The standard InChI is InChI=1S/C41H49N13O6/c1-48-13-18-53(41(48)60)28-3-2-11-52(24-28)33-21-44-35(36(42)56)37(46-33)45-32-8-5-27(20-43-32)50-16-14-49(15-17-50)22-25-10-12-51(23-25)26-4-6-29-30(19-26)40(59)54(39(29)58)31-7-9-34(55)47-38(31)57/h4-6,8,19-21,25,28,31H,2-3,7,9-18,22-24H2,1H3,(H2,42,56)(H,43,45,46)(H,47,55,57)/t25?,28-,31?/m1/s1. The molecule has 6 aliphatic heterocycles. The number of piperazine rings is 1. The predicted octanol–water partition coefficient (Wildman–Crippen LogP) is 1.10. The van der Waals surface area contributed by atoms with Crippen LogP contribution in [0.15, 0.2) is 42.7 Å². The van der Waals surface area contributed by atoms with Crippen LogP contribution in [0, 0.1) is 5.92 Å². The zero-order valence-electron chi connectivity index (χ0n) is 33.6. The highest BCUT2D eigenvalue weighted by Gasteiger charge is 2.45. The third-order valence-electron chi connectivity index (χ3n) is 12.7. The molecule has 0 bridgehead atoms. The molecule has 9 rings (SSSR count). The number of aromatic nitrogens is 3. The minimum atomic E-state index is -0.984. The van der Waals surface area contributed by atoms with Gasteiger partial charge in [-0.05, 0) is 61.9 Å². The maximum Gasteiger partial charge on any atom is 0.320 e. The molecule has 7 amide bonds. The fraction of sp³-hybridized carbons (Fsp3) is 0.488. The number of likely N-dealkylation sites (N-methyl/N-ethyl adjacent to an activating group) is 1. The second-order valence-electron chi connectivity index (χ2n) is 16.5. The van der Waals surface area contributed by atoms with Gasteiger partial charge in [0.2, 0.25) is 11.8 Å². The number of nitrogens with two attached hydrogens (primary N) is 1. The fourth-order valence-corrected chi connectivity index (χ4v) is 9.42. The van der Waals surface area contributed by atoms with E-state index in [4.69, 9.17) is 10.7 Å². The number of primary amides is 1. The number of pyridine rings is 1. The molecule has 314 valence electrons. The maximum absolute atomic E-state index is 13.4. The number of rotatable bonds is 10. The van der Waals surface area contributed by atoms with Crippen molar-refractivity contribution in [1.29, 1.82) is 0 Å². The zero-order chi connectivity index (χ0) is 41.7. The smallest absolute Gasteiger partial charge is 0.320 e. The van der Waals surface area contributed by atoms with E-state index in [1.807, 2.05) is 36.3 Å². The van der Waals surface area contributed by atoms with Gasteiger partial charge in [0, 0.05) is 91.1 Å². The first kappa shape index (κ1) is 39.1. The molecule has 0 saturated carbocycles.